The molecular weight excluding hydrogens is 212 g/mol. The standard InChI is InChI=1S/C14H20N2O/c1-12-7-5-6-10-16(12)11-14(17)15-13-8-3-2-4-9-13/h2-4,8-9,12H,5-7,10-11H2,1H3,(H,15,17)/t12-/m0/s1. The van der Waals surface area contributed by atoms with E-state index < -0.39 is 0 Å². The zero-order valence-electron chi connectivity index (χ0n) is 10.4. The topological polar surface area (TPSA) is 32.3 Å². The molecule has 1 heterocycles. The van der Waals surface area contributed by atoms with Gasteiger partial charge in [0.15, 0.2) is 0 Å². The molecule has 0 spiro atoms. The quantitative estimate of drug-likeness (QED) is 0.868. The fraction of sp³-hybridized carbons (Fsp3) is 0.500. The van der Waals surface area contributed by atoms with Crippen LogP contribution in [-0.4, -0.2) is 29.9 Å². The van der Waals surface area contributed by atoms with E-state index in [4.69, 9.17) is 0 Å². The molecule has 17 heavy (non-hydrogen) atoms. The summed E-state index contributed by atoms with van der Waals surface area (Å²) in [4.78, 5) is 14.1. The Morgan fingerprint density at radius 2 is 2.12 bits per heavy atom. The average molecular weight is 232 g/mol. The Labute approximate surface area is 103 Å². The number of hydrogen-bond donors (Lipinski definition) is 1. The van der Waals surface area contributed by atoms with Crippen LogP contribution in [-0.2, 0) is 4.79 Å². The summed E-state index contributed by atoms with van der Waals surface area (Å²) in [6, 6.07) is 10.2. The molecule has 92 valence electrons. The Morgan fingerprint density at radius 3 is 2.82 bits per heavy atom. The summed E-state index contributed by atoms with van der Waals surface area (Å²) in [7, 11) is 0. The smallest absolute Gasteiger partial charge is 0.238 e. The Bertz CT molecular complexity index is 364. The zero-order valence-corrected chi connectivity index (χ0v) is 10.4. The van der Waals surface area contributed by atoms with Crippen LogP contribution in [0.1, 0.15) is 26.2 Å². The number of nitrogens with zero attached hydrogens (tertiary/aromatic N) is 1. The molecule has 1 aliphatic heterocycles. The first kappa shape index (κ1) is 12.1. The summed E-state index contributed by atoms with van der Waals surface area (Å²) in [6.07, 6.45) is 3.71. The van der Waals surface area contributed by atoms with Crippen LogP contribution in [0.25, 0.3) is 0 Å². The Balaban J connectivity index is 1.84. The molecule has 1 aliphatic rings. The number of benzene rings is 1. The van der Waals surface area contributed by atoms with Gasteiger partial charge in [-0.3, -0.25) is 9.69 Å². The lowest BCUT2D eigenvalue weighted by Gasteiger charge is -2.32. The van der Waals surface area contributed by atoms with Crippen molar-refractivity contribution in [3.05, 3.63) is 30.3 Å². The minimum Gasteiger partial charge on any atom is -0.325 e. The van der Waals surface area contributed by atoms with Crippen molar-refractivity contribution in [2.45, 2.75) is 32.2 Å². The second-order valence-electron chi connectivity index (χ2n) is 4.73. The molecular formula is C14H20N2O. The number of para-hydroxylation sites is 1. The lowest BCUT2D eigenvalue weighted by Crippen LogP contribution is -2.42. The van der Waals surface area contributed by atoms with Gasteiger partial charge in [-0.15, -0.1) is 0 Å². The number of carbonyl (C=O) groups is 1. The predicted octanol–water partition coefficient (Wildman–Crippen LogP) is 2.50. The van der Waals surface area contributed by atoms with E-state index in [0.29, 0.717) is 12.6 Å². The number of rotatable bonds is 3. The van der Waals surface area contributed by atoms with E-state index >= 15 is 0 Å². The first-order valence-corrected chi connectivity index (χ1v) is 6.34. The maximum atomic E-state index is 11.9. The minimum atomic E-state index is 0.0879. The van der Waals surface area contributed by atoms with E-state index in [1.165, 1.54) is 19.3 Å². The molecule has 1 amide bonds. The first-order chi connectivity index (χ1) is 8.25. The van der Waals surface area contributed by atoms with Crippen LogP contribution in [0, 0.1) is 0 Å². The summed E-state index contributed by atoms with van der Waals surface area (Å²) in [6.45, 7) is 3.76. The fourth-order valence-corrected chi connectivity index (χ4v) is 2.30. The molecule has 1 saturated heterocycles. The molecule has 3 nitrogen and oxygen atoms in total. The van der Waals surface area contributed by atoms with E-state index in [1.807, 2.05) is 30.3 Å². The van der Waals surface area contributed by atoms with Gasteiger partial charge in [0, 0.05) is 11.7 Å². The number of piperidine rings is 1. The van der Waals surface area contributed by atoms with Crippen molar-refractivity contribution in [1.29, 1.82) is 0 Å². The van der Waals surface area contributed by atoms with Crippen molar-refractivity contribution < 1.29 is 4.79 Å². The highest BCUT2D eigenvalue weighted by Crippen LogP contribution is 2.16. The maximum Gasteiger partial charge on any atom is 0.238 e. The number of anilines is 1. The van der Waals surface area contributed by atoms with Gasteiger partial charge >= 0.3 is 0 Å². The van der Waals surface area contributed by atoms with E-state index in [9.17, 15) is 4.79 Å². The second kappa shape index (κ2) is 5.82. The van der Waals surface area contributed by atoms with Crippen molar-refractivity contribution in [1.82, 2.24) is 4.90 Å². The minimum absolute atomic E-state index is 0.0879. The molecule has 0 saturated carbocycles. The van der Waals surface area contributed by atoms with Gasteiger partial charge in [-0.05, 0) is 38.4 Å². The molecule has 0 aromatic heterocycles. The van der Waals surface area contributed by atoms with Crippen LogP contribution in [0.4, 0.5) is 5.69 Å². The van der Waals surface area contributed by atoms with Crippen molar-refractivity contribution >= 4 is 11.6 Å². The molecule has 0 radical (unpaired) electrons. The van der Waals surface area contributed by atoms with Crippen LogP contribution in [0.3, 0.4) is 0 Å². The third-order valence-electron chi connectivity index (χ3n) is 3.34. The number of carbonyl (C=O) groups excluding carboxylic acids is 1. The van der Waals surface area contributed by atoms with E-state index in [1.54, 1.807) is 0 Å². The SMILES string of the molecule is C[C@H]1CCCCN1CC(=O)Nc1ccccc1. The number of amides is 1. The third kappa shape index (κ3) is 3.56. The normalized spacial score (nSPS) is 21.1. The van der Waals surface area contributed by atoms with Gasteiger partial charge in [0.25, 0.3) is 0 Å². The predicted molar refractivity (Wildman–Crippen MR) is 70.0 cm³/mol. The Kier molecular flexibility index (Phi) is 4.15. The van der Waals surface area contributed by atoms with Crippen molar-refractivity contribution in [3.8, 4) is 0 Å². The molecule has 0 bridgehead atoms. The van der Waals surface area contributed by atoms with E-state index in [-0.39, 0.29) is 5.91 Å². The average Bonchev–Trinajstić information content (AvgIpc) is 2.33. The summed E-state index contributed by atoms with van der Waals surface area (Å²) in [5, 5.41) is 2.93. The molecule has 0 aliphatic carbocycles. The molecule has 1 N–H and O–H groups in total. The summed E-state index contributed by atoms with van der Waals surface area (Å²) in [5.74, 6) is 0.0879. The molecule has 1 aromatic carbocycles. The van der Waals surface area contributed by atoms with Crippen LogP contribution >= 0.6 is 0 Å². The van der Waals surface area contributed by atoms with Crippen molar-refractivity contribution in [2.24, 2.45) is 0 Å². The van der Waals surface area contributed by atoms with Crippen molar-refractivity contribution in [3.63, 3.8) is 0 Å². The molecule has 2 rings (SSSR count). The molecule has 1 atom stereocenters. The highest BCUT2D eigenvalue weighted by molar-refractivity contribution is 5.92. The Morgan fingerprint density at radius 1 is 1.35 bits per heavy atom. The summed E-state index contributed by atoms with van der Waals surface area (Å²) >= 11 is 0. The largest absolute Gasteiger partial charge is 0.325 e. The van der Waals surface area contributed by atoms with Gasteiger partial charge in [-0.2, -0.15) is 0 Å². The highest BCUT2D eigenvalue weighted by atomic mass is 16.2. The van der Waals surface area contributed by atoms with Crippen LogP contribution < -0.4 is 5.32 Å². The van der Waals surface area contributed by atoms with Gasteiger partial charge in [-0.25, -0.2) is 0 Å². The first-order valence-electron chi connectivity index (χ1n) is 6.34. The number of likely N-dealkylation sites (tertiary alicyclic amines) is 1. The van der Waals surface area contributed by atoms with E-state index in [2.05, 4.69) is 17.1 Å². The van der Waals surface area contributed by atoms with Gasteiger partial charge in [0.1, 0.15) is 0 Å². The third-order valence-corrected chi connectivity index (χ3v) is 3.34. The number of nitrogens with one attached hydrogen (secondary N) is 1. The van der Waals surface area contributed by atoms with Crippen LogP contribution in [0.5, 0.6) is 0 Å². The summed E-state index contributed by atoms with van der Waals surface area (Å²) in [5.41, 5.74) is 0.877. The highest BCUT2D eigenvalue weighted by Gasteiger charge is 2.20. The molecule has 1 aromatic rings. The van der Waals surface area contributed by atoms with Gasteiger partial charge in [-0.1, -0.05) is 24.6 Å². The summed E-state index contributed by atoms with van der Waals surface area (Å²) < 4.78 is 0. The molecule has 0 unspecified atom stereocenters. The monoisotopic (exact) mass is 232 g/mol. The van der Waals surface area contributed by atoms with Crippen LogP contribution in [0.15, 0.2) is 30.3 Å². The van der Waals surface area contributed by atoms with E-state index in [0.717, 1.165) is 12.2 Å². The zero-order chi connectivity index (χ0) is 12.1. The lowest BCUT2D eigenvalue weighted by atomic mass is 10.0. The molecule has 1 fully saturated rings. The Hall–Kier alpha value is -1.35. The second-order valence-corrected chi connectivity index (χ2v) is 4.73. The van der Waals surface area contributed by atoms with Crippen LogP contribution in [0.2, 0.25) is 0 Å². The lowest BCUT2D eigenvalue weighted by molar-refractivity contribution is -0.118. The fourth-order valence-electron chi connectivity index (χ4n) is 2.30. The molecule has 3 heteroatoms. The van der Waals surface area contributed by atoms with Gasteiger partial charge < -0.3 is 5.32 Å². The maximum absolute atomic E-state index is 11.9. The number of hydrogen-bond acceptors (Lipinski definition) is 2. The van der Waals surface area contributed by atoms with Crippen molar-refractivity contribution in [2.75, 3.05) is 18.4 Å². The van der Waals surface area contributed by atoms with Gasteiger partial charge in [0.05, 0.1) is 6.54 Å². The van der Waals surface area contributed by atoms with Gasteiger partial charge in [0.2, 0.25) is 5.91 Å².